The van der Waals surface area contributed by atoms with Gasteiger partial charge in [-0.2, -0.15) is 0 Å². The van der Waals surface area contributed by atoms with E-state index in [-0.39, 0.29) is 17.2 Å². The number of aromatic hydroxyl groups is 1. The molecule has 0 saturated heterocycles. The molecule has 5 nitrogen and oxygen atoms in total. The van der Waals surface area contributed by atoms with Crippen LogP contribution in [-0.4, -0.2) is 13.5 Å². The van der Waals surface area contributed by atoms with Gasteiger partial charge in [-0.1, -0.05) is 64.7 Å². The van der Waals surface area contributed by atoms with Crippen LogP contribution < -0.4 is 8.37 Å². The molecular weight excluding hydrogens is 328 g/mol. The first-order valence-corrected chi connectivity index (χ1v) is 10.4. The van der Waals surface area contributed by atoms with Crippen molar-refractivity contribution < 1.29 is 21.9 Å². The molecular formula is C18H28O5S. The SMILES string of the molecule is CCCCCCCCCCCCc1c(O)ccc2c1OS(=O)(=O)O2. The van der Waals surface area contributed by atoms with E-state index in [1.807, 2.05) is 0 Å². The van der Waals surface area contributed by atoms with Gasteiger partial charge in [0.25, 0.3) is 0 Å². The van der Waals surface area contributed by atoms with Gasteiger partial charge in [0.1, 0.15) is 5.75 Å². The van der Waals surface area contributed by atoms with E-state index in [1.165, 1.54) is 63.5 Å². The second kappa shape index (κ2) is 9.16. The maximum Gasteiger partial charge on any atom is 0.501 e. The molecule has 1 aromatic carbocycles. The van der Waals surface area contributed by atoms with E-state index in [1.54, 1.807) is 0 Å². The summed E-state index contributed by atoms with van der Waals surface area (Å²) in [6, 6.07) is 2.87. The summed E-state index contributed by atoms with van der Waals surface area (Å²) < 4.78 is 32.3. The molecule has 2 rings (SSSR count). The van der Waals surface area contributed by atoms with E-state index >= 15 is 0 Å². The fraction of sp³-hybridized carbons (Fsp3) is 0.667. The molecule has 24 heavy (non-hydrogen) atoms. The third kappa shape index (κ3) is 5.58. The lowest BCUT2D eigenvalue weighted by Crippen LogP contribution is -2.08. The Labute approximate surface area is 145 Å². The normalized spacial score (nSPS) is 14.9. The summed E-state index contributed by atoms with van der Waals surface area (Å²) in [7, 11) is -4.01. The maximum atomic E-state index is 11.4. The van der Waals surface area contributed by atoms with Crippen molar-refractivity contribution in [2.45, 2.75) is 77.6 Å². The summed E-state index contributed by atoms with van der Waals surface area (Å²) in [4.78, 5) is 0. The number of phenolic OH excluding ortho intramolecular Hbond substituents is 1. The van der Waals surface area contributed by atoms with Crippen molar-refractivity contribution in [3.05, 3.63) is 17.7 Å². The third-order valence-electron chi connectivity index (χ3n) is 4.36. The van der Waals surface area contributed by atoms with Gasteiger partial charge in [0.05, 0.1) is 0 Å². The molecule has 1 heterocycles. The van der Waals surface area contributed by atoms with Crippen molar-refractivity contribution in [3.8, 4) is 17.2 Å². The second-order valence-electron chi connectivity index (χ2n) is 6.40. The van der Waals surface area contributed by atoms with Crippen molar-refractivity contribution in [2.24, 2.45) is 0 Å². The first kappa shape index (κ1) is 18.9. The number of phenols is 1. The van der Waals surface area contributed by atoms with Gasteiger partial charge in [-0.15, -0.1) is 8.42 Å². The van der Waals surface area contributed by atoms with Crippen LogP contribution >= 0.6 is 0 Å². The number of rotatable bonds is 11. The summed E-state index contributed by atoms with van der Waals surface area (Å²) in [5.41, 5.74) is 0.521. The Morgan fingerprint density at radius 2 is 1.46 bits per heavy atom. The van der Waals surface area contributed by atoms with Crippen molar-refractivity contribution in [3.63, 3.8) is 0 Å². The third-order valence-corrected chi connectivity index (χ3v) is 5.11. The molecule has 136 valence electrons. The van der Waals surface area contributed by atoms with Gasteiger partial charge in [0, 0.05) is 5.56 Å². The van der Waals surface area contributed by atoms with Crippen molar-refractivity contribution in [2.75, 3.05) is 0 Å². The van der Waals surface area contributed by atoms with Crippen LogP contribution in [0.3, 0.4) is 0 Å². The number of hydrogen-bond acceptors (Lipinski definition) is 5. The van der Waals surface area contributed by atoms with E-state index < -0.39 is 10.4 Å². The van der Waals surface area contributed by atoms with Crippen LogP contribution in [0.5, 0.6) is 17.2 Å². The predicted molar refractivity (Wildman–Crippen MR) is 93.8 cm³/mol. The molecule has 1 aromatic rings. The predicted octanol–water partition coefficient (Wildman–Crippen LogP) is 4.87. The van der Waals surface area contributed by atoms with Crippen molar-refractivity contribution >= 4 is 10.4 Å². The van der Waals surface area contributed by atoms with E-state index in [4.69, 9.17) is 8.37 Å². The van der Waals surface area contributed by atoms with Gasteiger partial charge in [0.2, 0.25) is 0 Å². The summed E-state index contributed by atoms with van der Waals surface area (Å²) in [6.45, 7) is 2.23. The van der Waals surface area contributed by atoms with Crippen LogP contribution in [0.25, 0.3) is 0 Å². The molecule has 0 radical (unpaired) electrons. The minimum atomic E-state index is -4.01. The number of fused-ring (bicyclic) bond motifs is 1. The highest BCUT2D eigenvalue weighted by Gasteiger charge is 2.32. The van der Waals surface area contributed by atoms with Crippen molar-refractivity contribution in [1.82, 2.24) is 0 Å². The molecule has 0 spiro atoms. The minimum absolute atomic E-state index is 0.0605. The molecule has 0 aromatic heterocycles. The maximum absolute atomic E-state index is 11.4. The Bertz CT molecular complexity index is 625. The van der Waals surface area contributed by atoms with Crippen LogP contribution in [0.1, 0.15) is 76.7 Å². The van der Waals surface area contributed by atoms with Gasteiger partial charge in [0.15, 0.2) is 11.5 Å². The molecule has 0 fully saturated rings. The molecule has 1 aliphatic heterocycles. The highest BCUT2D eigenvalue weighted by molar-refractivity contribution is 7.82. The average molecular weight is 356 g/mol. The van der Waals surface area contributed by atoms with Crippen molar-refractivity contribution in [1.29, 1.82) is 0 Å². The van der Waals surface area contributed by atoms with Gasteiger partial charge in [-0.05, 0) is 25.0 Å². The van der Waals surface area contributed by atoms with Gasteiger partial charge in [-0.25, -0.2) is 0 Å². The Morgan fingerprint density at radius 3 is 2.08 bits per heavy atom. The molecule has 0 atom stereocenters. The zero-order chi connectivity index (χ0) is 17.4. The smallest absolute Gasteiger partial charge is 0.501 e. The lowest BCUT2D eigenvalue weighted by atomic mass is 10.0. The molecule has 0 bridgehead atoms. The quantitative estimate of drug-likeness (QED) is 0.573. The van der Waals surface area contributed by atoms with Gasteiger partial charge < -0.3 is 13.5 Å². The fourth-order valence-electron chi connectivity index (χ4n) is 3.01. The van der Waals surface area contributed by atoms with Gasteiger partial charge >= 0.3 is 10.4 Å². The zero-order valence-electron chi connectivity index (χ0n) is 14.4. The Hall–Kier alpha value is -1.43. The Balaban J connectivity index is 1.68. The standard InChI is InChI=1S/C18H28O5S/c1-2-3-4-5-6-7-8-9-10-11-12-15-16(19)13-14-17-18(15)23-24(20,21)22-17/h13-14,19H,2-12H2,1H3. The average Bonchev–Trinajstić information content (AvgIpc) is 2.85. The van der Waals surface area contributed by atoms with E-state index in [9.17, 15) is 13.5 Å². The second-order valence-corrected chi connectivity index (χ2v) is 7.55. The lowest BCUT2D eigenvalue weighted by molar-refractivity contribution is 0.433. The van der Waals surface area contributed by atoms with E-state index in [0.29, 0.717) is 12.0 Å². The molecule has 0 aliphatic carbocycles. The largest absolute Gasteiger partial charge is 0.508 e. The number of unbranched alkanes of at least 4 members (excludes halogenated alkanes) is 9. The summed E-state index contributed by atoms with van der Waals surface area (Å²) in [6.07, 6.45) is 12.8. The van der Waals surface area contributed by atoms with Crippen LogP contribution in [0.15, 0.2) is 12.1 Å². The summed E-state index contributed by atoms with van der Waals surface area (Å²) in [5.74, 6) is 0.367. The fourth-order valence-corrected chi connectivity index (χ4v) is 3.78. The highest BCUT2D eigenvalue weighted by atomic mass is 32.3. The molecule has 6 heteroatoms. The highest BCUT2D eigenvalue weighted by Crippen LogP contribution is 2.43. The number of hydrogen-bond donors (Lipinski definition) is 1. The van der Waals surface area contributed by atoms with Crippen LogP contribution in [0, 0.1) is 0 Å². The first-order valence-electron chi connectivity index (χ1n) is 9.02. The number of benzene rings is 1. The van der Waals surface area contributed by atoms with E-state index in [0.717, 1.165) is 12.8 Å². The monoisotopic (exact) mass is 356 g/mol. The van der Waals surface area contributed by atoms with Crippen LogP contribution in [0.4, 0.5) is 0 Å². The molecule has 0 saturated carbocycles. The molecule has 1 aliphatic rings. The molecule has 0 unspecified atom stereocenters. The van der Waals surface area contributed by atoms with Crippen LogP contribution in [0.2, 0.25) is 0 Å². The zero-order valence-corrected chi connectivity index (χ0v) is 15.2. The van der Waals surface area contributed by atoms with Crippen LogP contribution in [-0.2, 0) is 16.8 Å². The van der Waals surface area contributed by atoms with Gasteiger partial charge in [-0.3, -0.25) is 0 Å². The van der Waals surface area contributed by atoms with E-state index in [2.05, 4.69) is 6.92 Å². The summed E-state index contributed by atoms with van der Waals surface area (Å²) >= 11 is 0. The first-order chi connectivity index (χ1) is 11.5. The topological polar surface area (TPSA) is 72.8 Å². The molecule has 1 N–H and O–H groups in total. The molecule has 0 amide bonds. The Kier molecular flexibility index (Phi) is 7.21. The minimum Gasteiger partial charge on any atom is -0.508 e. The summed E-state index contributed by atoms with van der Waals surface area (Å²) in [5, 5.41) is 9.96. The Morgan fingerprint density at radius 1 is 0.875 bits per heavy atom. The lowest BCUT2D eigenvalue weighted by Gasteiger charge is -2.07.